The second-order valence-electron chi connectivity index (χ2n) is 7.68. The maximum absolute atomic E-state index is 14.4. The summed E-state index contributed by atoms with van der Waals surface area (Å²) in [4.78, 5) is 35.2. The van der Waals surface area contributed by atoms with Crippen molar-refractivity contribution in [1.29, 1.82) is 0 Å². The summed E-state index contributed by atoms with van der Waals surface area (Å²) >= 11 is 0. The fraction of sp³-hybridized carbons (Fsp3) is 0.160. The van der Waals surface area contributed by atoms with Crippen molar-refractivity contribution in [1.82, 2.24) is 5.32 Å². The van der Waals surface area contributed by atoms with Gasteiger partial charge in [-0.2, -0.15) is 0 Å². The summed E-state index contributed by atoms with van der Waals surface area (Å²) in [5, 5.41) is 13.5. The molecule has 8 heteroatoms. The second kappa shape index (κ2) is 9.12. The van der Waals surface area contributed by atoms with E-state index in [0.29, 0.717) is 0 Å². The van der Waals surface area contributed by atoms with Crippen LogP contribution in [0.25, 0.3) is 11.1 Å². The minimum Gasteiger partial charge on any atom is -0.480 e. The average molecular weight is 448 g/mol. The Bertz CT molecular complexity index is 1200. The van der Waals surface area contributed by atoms with Crippen LogP contribution < -0.4 is 10.6 Å². The van der Waals surface area contributed by atoms with Crippen molar-refractivity contribution < 1.29 is 28.6 Å². The molecule has 4 rings (SSSR count). The molecule has 0 aromatic heterocycles. The third-order valence-electron chi connectivity index (χ3n) is 5.52. The van der Waals surface area contributed by atoms with Gasteiger partial charge in [0, 0.05) is 11.6 Å². The Balaban J connectivity index is 1.40. The molecule has 33 heavy (non-hydrogen) atoms. The number of ether oxygens (including phenoxy) is 1. The molecule has 168 valence electrons. The van der Waals surface area contributed by atoms with Crippen molar-refractivity contribution in [3.8, 4) is 11.1 Å². The zero-order valence-electron chi connectivity index (χ0n) is 17.7. The van der Waals surface area contributed by atoms with E-state index in [1.54, 1.807) is 0 Å². The molecule has 0 fully saturated rings. The Hall–Kier alpha value is -4.20. The predicted molar refractivity (Wildman–Crippen MR) is 120 cm³/mol. The highest BCUT2D eigenvalue weighted by Gasteiger charge is 2.29. The van der Waals surface area contributed by atoms with E-state index < -0.39 is 29.8 Å². The number of aliphatic carboxylic acids is 1. The number of benzene rings is 3. The van der Waals surface area contributed by atoms with Gasteiger partial charge >= 0.3 is 12.1 Å². The maximum Gasteiger partial charge on any atom is 0.411 e. The molecule has 0 heterocycles. The van der Waals surface area contributed by atoms with Gasteiger partial charge in [0.05, 0.1) is 5.56 Å². The molecule has 1 atom stereocenters. The van der Waals surface area contributed by atoms with Gasteiger partial charge in [-0.15, -0.1) is 0 Å². The largest absolute Gasteiger partial charge is 0.480 e. The van der Waals surface area contributed by atoms with Crippen molar-refractivity contribution in [3.63, 3.8) is 0 Å². The predicted octanol–water partition coefficient (Wildman–Crippen LogP) is 4.39. The number of hydrogen-bond donors (Lipinski definition) is 3. The van der Waals surface area contributed by atoms with Gasteiger partial charge < -0.3 is 15.2 Å². The Labute approximate surface area is 189 Å². The van der Waals surface area contributed by atoms with Gasteiger partial charge in [-0.25, -0.2) is 9.18 Å². The van der Waals surface area contributed by atoms with E-state index in [1.807, 2.05) is 48.5 Å². The molecule has 0 bridgehead atoms. The summed E-state index contributed by atoms with van der Waals surface area (Å²) in [5.74, 6) is -3.11. The Kier molecular flexibility index (Phi) is 6.08. The standard InChI is InChI=1S/C25H21FN2O5/c1-14(24(30)31)27-23(29)20-11-10-15(12-22(20)26)28-25(32)33-13-21-18-8-4-2-6-16(18)17-7-3-5-9-19(17)21/h2-12,14,21H,13H2,1H3,(H,27,29)(H,28,32)(H,30,31)/t14-/m0/s1. The average Bonchev–Trinajstić information content (AvgIpc) is 3.11. The monoisotopic (exact) mass is 448 g/mol. The van der Waals surface area contributed by atoms with Crippen LogP contribution in [-0.2, 0) is 9.53 Å². The highest BCUT2D eigenvalue weighted by molar-refractivity contribution is 5.97. The molecule has 1 aliphatic carbocycles. The molecule has 0 unspecified atom stereocenters. The lowest BCUT2D eigenvalue weighted by Gasteiger charge is -2.15. The Morgan fingerprint density at radius 1 is 1.00 bits per heavy atom. The Morgan fingerprint density at radius 3 is 2.18 bits per heavy atom. The highest BCUT2D eigenvalue weighted by atomic mass is 19.1. The van der Waals surface area contributed by atoms with E-state index in [1.165, 1.54) is 13.0 Å². The molecule has 0 aliphatic heterocycles. The molecule has 2 amide bonds. The van der Waals surface area contributed by atoms with Gasteiger partial charge in [0.1, 0.15) is 18.5 Å². The Morgan fingerprint density at radius 2 is 1.61 bits per heavy atom. The van der Waals surface area contributed by atoms with E-state index in [2.05, 4.69) is 10.6 Å². The molecular weight excluding hydrogens is 427 g/mol. The summed E-state index contributed by atoms with van der Waals surface area (Å²) in [6.45, 7) is 1.38. The molecule has 0 saturated carbocycles. The first kappa shape index (κ1) is 22.0. The van der Waals surface area contributed by atoms with Gasteiger partial charge in [0.25, 0.3) is 5.91 Å². The summed E-state index contributed by atoms with van der Waals surface area (Å²) in [7, 11) is 0. The van der Waals surface area contributed by atoms with Crippen molar-refractivity contribution in [2.75, 3.05) is 11.9 Å². The summed E-state index contributed by atoms with van der Waals surface area (Å²) in [5.41, 5.74) is 4.13. The number of rotatable bonds is 6. The van der Waals surface area contributed by atoms with Crippen LogP contribution in [0.15, 0.2) is 66.7 Å². The van der Waals surface area contributed by atoms with E-state index >= 15 is 0 Å². The minimum absolute atomic E-state index is 0.104. The number of amides is 2. The van der Waals surface area contributed by atoms with E-state index in [9.17, 15) is 18.8 Å². The molecule has 7 nitrogen and oxygen atoms in total. The van der Waals surface area contributed by atoms with Gasteiger partial charge in [0.15, 0.2) is 0 Å². The first-order valence-electron chi connectivity index (χ1n) is 10.3. The molecule has 0 saturated heterocycles. The van der Waals surface area contributed by atoms with Gasteiger partial charge in [0.2, 0.25) is 0 Å². The first-order chi connectivity index (χ1) is 15.8. The zero-order valence-corrected chi connectivity index (χ0v) is 17.7. The highest BCUT2D eigenvalue weighted by Crippen LogP contribution is 2.44. The van der Waals surface area contributed by atoms with Crippen molar-refractivity contribution in [3.05, 3.63) is 89.2 Å². The van der Waals surface area contributed by atoms with E-state index in [-0.39, 0.29) is 23.8 Å². The lowest BCUT2D eigenvalue weighted by molar-refractivity contribution is -0.138. The third-order valence-corrected chi connectivity index (χ3v) is 5.52. The number of carboxylic acid groups (broad SMARTS) is 1. The smallest absolute Gasteiger partial charge is 0.411 e. The number of hydrogen-bond acceptors (Lipinski definition) is 4. The lowest BCUT2D eigenvalue weighted by atomic mass is 9.98. The van der Waals surface area contributed by atoms with Crippen LogP contribution in [0.3, 0.4) is 0 Å². The van der Waals surface area contributed by atoms with Crippen molar-refractivity contribution in [2.24, 2.45) is 0 Å². The van der Waals surface area contributed by atoms with Gasteiger partial charge in [-0.05, 0) is 47.4 Å². The van der Waals surface area contributed by atoms with Crippen LogP contribution in [0.2, 0.25) is 0 Å². The topological polar surface area (TPSA) is 105 Å². The molecule has 3 aromatic carbocycles. The van der Waals surface area contributed by atoms with E-state index in [4.69, 9.17) is 9.84 Å². The lowest BCUT2D eigenvalue weighted by Crippen LogP contribution is -2.38. The number of nitrogens with one attached hydrogen (secondary N) is 2. The SMILES string of the molecule is C[C@H](NC(=O)c1ccc(NC(=O)OCC2c3ccccc3-c3ccccc32)cc1F)C(=O)O. The van der Waals surface area contributed by atoms with Gasteiger partial charge in [-0.1, -0.05) is 48.5 Å². The van der Waals surface area contributed by atoms with Crippen LogP contribution in [-0.4, -0.2) is 35.7 Å². The first-order valence-corrected chi connectivity index (χ1v) is 10.3. The quantitative estimate of drug-likeness (QED) is 0.519. The van der Waals surface area contributed by atoms with Crippen LogP contribution in [0.1, 0.15) is 34.3 Å². The number of carbonyl (C=O) groups is 3. The molecule has 1 aliphatic rings. The minimum atomic E-state index is -1.24. The number of halogens is 1. The summed E-state index contributed by atoms with van der Waals surface area (Å²) in [6.07, 6.45) is -0.757. The summed E-state index contributed by atoms with van der Waals surface area (Å²) in [6, 6.07) is 18.2. The molecule has 0 radical (unpaired) electrons. The number of anilines is 1. The van der Waals surface area contributed by atoms with Crippen LogP contribution in [0, 0.1) is 5.82 Å². The number of fused-ring (bicyclic) bond motifs is 3. The van der Waals surface area contributed by atoms with Crippen LogP contribution in [0.5, 0.6) is 0 Å². The molecule has 0 spiro atoms. The summed E-state index contributed by atoms with van der Waals surface area (Å²) < 4.78 is 19.8. The van der Waals surface area contributed by atoms with Crippen molar-refractivity contribution >= 4 is 23.7 Å². The maximum atomic E-state index is 14.4. The number of carbonyl (C=O) groups excluding carboxylic acids is 2. The van der Waals surface area contributed by atoms with Crippen LogP contribution >= 0.6 is 0 Å². The van der Waals surface area contributed by atoms with E-state index in [0.717, 1.165) is 34.4 Å². The van der Waals surface area contributed by atoms with Crippen LogP contribution in [0.4, 0.5) is 14.9 Å². The normalized spacial score (nSPS) is 12.9. The molecule has 3 N–H and O–H groups in total. The number of carboxylic acids is 1. The molecular formula is C25H21FN2O5. The van der Waals surface area contributed by atoms with Crippen molar-refractivity contribution in [2.45, 2.75) is 18.9 Å². The fourth-order valence-electron chi connectivity index (χ4n) is 3.87. The molecule has 3 aromatic rings. The second-order valence-corrected chi connectivity index (χ2v) is 7.68. The zero-order chi connectivity index (χ0) is 23.5. The third kappa shape index (κ3) is 4.55. The van der Waals surface area contributed by atoms with Gasteiger partial charge in [-0.3, -0.25) is 14.9 Å². The fourth-order valence-corrected chi connectivity index (χ4v) is 3.87.